The third kappa shape index (κ3) is 2.86. The van der Waals surface area contributed by atoms with E-state index in [4.69, 9.17) is 5.73 Å². The minimum atomic E-state index is 0.478. The maximum Gasteiger partial charge on any atom is 0.140 e. The quantitative estimate of drug-likeness (QED) is 0.872. The Morgan fingerprint density at radius 3 is 3.12 bits per heavy atom. The van der Waals surface area contributed by atoms with E-state index < -0.39 is 0 Å². The Balaban J connectivity index is 2.02. The van der Waals surface area contributed by atoms with E-state index in [-0.39, 0.29) is 0 Å². The van der Waals surface area contributed by atoms with Crippen LogP contribution in [0.15, 0.2) is 16.7 Å². The lowest BCUT2D eigenvalue weighted by Gasteiger charge is -2.30. The van der Waals surface area contributed by atoms with Crippen LogP contribution >= 0.6 is 15.9 Å². The number of rotatable bonds is 2. The molecule has 0 aromatic carbocycles. The number of halogens is 1. The molecule has 16 heavy (non-hydrogen) atoms. The first-order valence-electron chi connectivity index (χ1n) is 5.51. The Labute approximate surface area is 104 Å². The number of nitrogens with two attached hydrogens (primary N) is 1. The standard InChI is InChI=1S/C11H17BrN4/c1-16-4-2-3-9(7-16)15-11-10(12)5-8(13)6-14-11/h5-6,9H,2-4,7,13H2,1H3,(H,14,15). The highest BCUT2D eigenvalue weighted by Gasteiger charge is 2.17. The van der Waals surface area contributed by atoms with Gasteiger partial charge in [-0.05, 0) is 48.4 Å². The number of nitrogen functional groups attached to an aromatic ring is 1. The van der Waals surface area contributed by atoms with Gasteiger partial charge < -0.3 is 16.0 Å². The number of pyridine rings is 1. The van der Waals surface area contributed by atoms with Crippen molar-refractivity contribution in [2.24, 2.45) is 0 Å². The molecular formula is C11H17BrN4. The van der Waals surface area contributed by atoms with Gasteiger partial charge in [0.1, 0.15) is 5.82 Å². The molecule has 1 aromatic rings. The fraction of sp³-hybridized carbons (Fsp3) is 0.545. The van der Waals surface area contributed by atoms with Crippen molar-refractivity contribution in [3.8, 4) is 0 Å². The van der Waals surface area contributed by atoms with Crippen LogP contribution in [0, 0.1) is 0 Å². The molecule has 0 bridgehead atoms. The van der Waals surface area contributed by atoms with E-state index in [1.165, 1.54) is 19.4 Å². The summed E-state index contributed by atoms with van der Waals surface area (Å²) in [5.74, 6) is 0.884. The highest BCUT2D eigenvalue weighted by molar-refractivity contribution is 9.10. The lowest BCUT2D eigenvalue weighted by molar-refractivity contribution is 0.260. The molecule has 3 N–H and O–H groups in total. The second-order valence-corrected chi connectivity index (χ2v) is 5.20. The Hall–Kier alpha value is -0.810. The smallest absolute Gasteiger partial charge is 0.140 e. The summed E-state index contributed by atoms with van der Waals surface area (Å²) < 4.78 is 0.931. The number of anilines is 2. The predicted molar refractivity (Wildman–Crippen MR) is 70.5 cm³/mol. The summed E-state index contributed by atoms with van der Waals surface area (Å²) in [4.78, 5) is 6.64. The van der Waals surface area contributed by atoms with Crippen LogP contribution < -0.4 is 11.1 Å². The van der Waals surface area contributed by atoms with Crippen molar-refractivity contribution >= 4 is 27.4 Å². The van der Waals surface area contributed by atoms with Gasteiger partial charge in [0.25, 0.3) is 0 Å². The molecule has 1 fully saturated rings. The molecule has 2 rings (SSSR count). The number of piperidine rings is 1. The van der Waals surface area contributed by atoms with Gasteiger partial charge in [0.2, 0.25) is 0 Å². The minimum Gasteiger partial charge on any atom is -0.397 e. The number of nitrogens with zero attached hydrogens (tertiary/aromatic N) is 2. The van der Waals surface area contributed by atoms with Crippen molar-refractivity contribution in [3.05, 3.63) is 16.7 Å². The van der Waals surface area contributed by atoms with Gasteiger partial charge in [0, 0.05) is 12.6 Å². The highest BCUT2D eigenvalue weighted by Crippen LogP contribution is 2.23. The Bertz CT molecular complexity index is 369. The van der Waals surface area contributed by atoms with Crippen LogP contribution in [0.1, 0.15) is 12.8 Å². The van der Waals surface area contributed by atoms with E-state index in [1.54, 1.807) is 6.20 Å². The van der Waals surface area contributed by atoms with E-state index in [0.29, 0.717) is 11.7 Å². The van der Waals surface area contributed by atoms with Gasteiger partial charge in [-0.15, -0.1) is 0 Å². The van der Waals surface area contributed by atoms with E-state index in [0.717, 1.165) is 16.8 Å². The molecule has 0 spiro atoms. The van der Waals surface area contributed by atoms with Crippen molar-refractivity contribution in [3.63, 3.8) is 0 Å². The molecule has 0 saturated carbocycles. The topological polar surface area (TPSA) is 54.2 Å². The first-order chi connectivity index (χ1) is 7.65. The summed E-state index contributed by atoms with van der Waals surface area (Å²) in [6.45, 7) is 2.26. The SMILES string of the molecule is CN1CCCC(Nc2ncc(N)cc2Br)C1. The average Bonchev–Trinajstić information content (AvgIpc) is 2.22. The summed E-state index contributed by atoms with van der Waals surface area (Å²) in [6, 6.07) is 2.35. The summed E-state index contributed by atoms with van der Waals surface area (Å²) in [7, 11) is 2.15. The summed E-state index contributed by atoms with van der Waals surface area (Å²) in [6.07, 6.45) is 4.11. The second-order valence-electron chi connectivity index (χ2n) is 4.34. The van der Waals surface area contributed by atoms with Crippen molar-refractivity contribution in [2.75, 3.05) is 31.2 Å². The van der Waals surface area contributed by atoms with E-state index in [1.807, 2.05) is 6.07 Å². The molecule has 1 unspecified atom stereocenters. The molecular weight excluding hydrogens is 268 g/mol. The monoisotopic (exact) mass is 284 g/mol. The van der Waals surface area contributed by atoms with Gasteiger partial charge in [0.15, 0.2) is 0 Å². The molecule has 88 valence electrons. The molecule has 0 radical (unpaired) electrons. The Morgan fingerprint density at radius 2 is 2.44 bits per heavy atom. The average molecular weight is 285 g/mol. The lowest BCUT2D eigenvalue weighted by atomic mass is 10.1. The minimum absolute atomic E-state index is 0.478. The van der Waals surface area contributed by atoms with Crippen LogP contribution in [-0.2, 0) is 0 Å². The largest absolute Gasteiger partial charge is 0.397 e. The third-order valence-corrected chi connectivity index (χ3v) is 3.43. The summed E-state index contributed by atoms with van der Waals surface area (Å²) >= 11 is 3.47. The van der Waals surface area contributed by atoms with Gasteiger partial charge in [-0.3, -0.25) is 0 Å². The molecule has 1 aliphatic rings. The zero-order valence-electron chi connectivity index (χ0n) is 9.41. The fourth-order valence-corrected chi connectivity index (χ4v) is 2.52. The predicted octanol–water partition coefficient (Wildman–Crippen LogP) is 1.93. The van der Waals surface area contributed by atoms with E-state index in [9.17, 15) is 0 Å². The Morgan fingerprint density at radius 1 is 1.62 bits per heavy atom. The van der Waals surface area contributed by atoms with E-state index in [2.05, 4.69) is 38.2 Å². The molecule has 4 nitrogen and oxygen atoms in total. The van der Waals surface area contributed by atoms with Crippen LogP contribution in [0.5, 0.6) is 0 Å². The fourth-order valence-electron chi connectivity index (χ4n) is 2.04. The molecule has 5 heteroatoms. The third-order valence-electron chi connectivity index (χ3n) is 2.83. The van der Waals surface area contributed by atoms with Crippen LogP contribution in [0.4, 0.5) is 11.5 Å². The van der Waals surface area contributed by atoms with Gasteiger partial charge in [0.05, 0.1) is 16.4 Å². The molecule has 1 saturated heterocycles. The molecule has 1 aliphatic heterocycles. The zero-order valence-corrected chi connectivity index (χ0v) is 11.0. The van der Waals surface area contributed by atoms with Crippen LogP contribution in [0.2, 0.25) is 0 Å². The summed E-state index contributed by atoms with van der Waals surface area (Å²) in [5.41, 5.74) is 6.33. The molecule has 1 atom stereocenters. The van der Waals surface area contributed by atoms with Gasteiger partial charge in [-0.2, -0.15) is 0 Å². The maximum absolute atomic E-state index is 5.65. The number of likely N-dealkylation sites (tertiary alicyclic amines) is 1. The summed E-state index contributed by atoms with van der Waals surface area (Å²) in [5, 5.41) is 3.45. The number of likely N-dealkylation sites (N-methyl/N-ethyl adjacent to an activating group) is 1. The van der Waals surface area contributed by atoms with Crippen molar-refractivity contribution in [1.82, 2.24) is 9.88 Å². The number of nitrogens with one attached hydrogen (secondary N) is 1. The number of aromatic nitrogens is 1. The van der Waals surface area contributed by atoms with Crippen molar-refractivity contribution in [2.45, 2.75) is 18.9 Å². The first-order valence-corrected chi connectivity index (χ1v) is 6.30. The molecule has 2 heterocycles. The first kappa shape index (κ1) is 11.7. The number of hydrogen-bond acceptors (Lipinski definition) is 4. The van der Waals surface area contributed by atoms with Gasteiger partial charge in [-0.25, -0.2) is 4.98 Å². The highest BCUT2D eigenvalue weighted by atomic mass is 79.9. The van der Waals surface area contributed by atoms with E-state index >= 15 is 0 Å². The van der Waals surface area contributed by atoms with Crippen LogP contribution in [-0.4, -0.2) is 36.1 Å². The van der Waals surface area contributed by atoms with Gasteiger partial charge >= 0.3 is 0 Å². The van der Waals surface area contributed by atoms with Crippen molar-refractivity contribution in [1.29, 1.82) is 0 Å². The second kappa shape index (κ2) is 5.01. The Kier molecular flexibility index (Phi) is 3.66. The maximum atomic E-state index is 5.65. The number of hydrogen-bond donors (Lipinski definition) is 2. The molecule has 1 aromatic heterocycles. The van der Waals surface area contributed by atoms with Crippen LogP contribution in [0.25, 0.3) is 0 Å². The lowest BCUT2D eigenvalue weighted by Crippen LogP contribution is -2.39. The normalized spacial score (nSPS) is 22.0. The van der Waals surface area contributed by atoms with Crippen LogP contribution in [0.3, 0.4) is 0 Å². The molecule has 0 amide bonds. The zero-order chi connectivity index (χ0) is 11.5. The van der Waals surface area contributed by atoms with Gasteiger partial charge in [-0.1, -0.05) is 0 Å². The molecule has 0 aliphatic carbocycles. The van der Waals surface area contributed by atoms with Crippen molar-refractivity contribution < 1.29 is 0 Å².